The summed E-state index contributed by atoms with van der Waals surface area (Å²) in [6.45, 7) is 0.661. The third-order valence-corrected chi connectivity index (χ3v) is 12.3. The van der Waals surface area contributed by atoms with Gasteiger partial charge in [0, 0.05) is 12.6 Å². The Bertz CT molecular complexity index is 1530. The summed E-state index contributed by atoms with van der Waals surface area (Å²) in [7, 11) is -5.39. The van der Waals surface area contributed by atoms with E-state index in [1.54, 1.807) is 12.1 Å². The molecule has 0 saturated carbocycles. The number of aromatic hydroxyl groups is 2. The van der Waals surface area contributed by atoms with E-state index in [9.17, 15) is 23.4 Å². The molecule has 0 saturated heterocycles. The van der Waals surface area contributed by atoms with E-state index in [1.165, 1.54) is 78.8 Å². The van der Waals surface area contributed by atoms with Gasteiger partial charge in [0.05, 0.1) is 12.4 Å². The zero-order valence-electron chi connectivity index (χ0n) is 27.0. The van der Waals surface area contributed by atoms with E-state index in [1.807, 2.05) is 0 Å². The number of carbonyl (C=O) groups excluding carboxylic acids is 1. The number of hydrogen-bond donors (Lipinski definition) is 4. The number of carbonyl (C=O) groups is 1. The second-order valence-electron chi connectivity index (χ2n) is 11.5. The topological polar surface area (TPSA) is 124 Å². The van der Waals surface area contributed by atoms with Crippen molar-refractivity contribution in [2.75, 3.05) is 19.0 Å². The summed E-state index contributed by atoms with van der Waals surface area (Å²) in [6.07, 6.45) is 14.5. The minimum absolute atomic E-state index is 0.150. The van der Waals surface area contributed by atoms with Gasteiger partial charge in [-0.2, -0.15) is 8.42 Å². The number of phenols is 2. The molecule has 0 aliphatic rings. The number of benzene rings is 4. The lowest BCUT2D eigenvalue weighted by molar-refractivity contribution is -0.116. The summed E-state index contributed by atoms with van der Waals surface area (Å²) in [5.41, 5.74) is 0.660. The number of phenolic OH excluding ortho intramolecular Hbond substituents is 2. The summed E-state index contributed by atoms with van der Waals surface area (Å²) in [6, 6.07) is 37.9. The highest BCUT2D eigenvalue weighted by Gasteiger charge is 2.44. The lowest BCUT2D eigenvalue weighted by Gasteiger charge is -2.27. The first-order chi connectivity index (χ1) is 22.6. The zero-order chi connectivity index (χ0) is 34.0. The number of hydrogen-bond acceptors (Lipinski definition) is 5. The van der Waals surface area contributed by atoms with Crippen molar-refractivity contribution in [3.63, 3.8) is 0 Å². The van der Waals surface area contributed by atoms with Gasteiger partial charge in [0.15, 0.2) is 11.5 Å². The van der Waals surface area contributed by atoms with Gasteiger partial charge < -0.3 is 15.5 Å². The average molecular weight is 677 g/mol. The SMILES string of the molecule is CS(=O)(=O)O.O=C(/C=C/c1ccc(O)c(O)c1)NCCCCCCCCCC[P+](c1ccccc1)(c1ccccc1)c1ccccc1. The van der Waals surface area contributed by atoms with Crippen LogP contribution in [0, 0.1) is 0 Å². The molecular formula is C38H47NO6PS+. The molecule has 0 heterocycles. The maximum absolute atomic E-state index is 12.0. The number of unbranched alkanes of at least 4 members (excludes halogenated alkanes) is 7. The first-order valence-corrected chi connectivity index (χ1v) is 19.9. The normalized spacial score (nSPS) is 11.5. The largest absolute Gasteiger partial charge is 0.504 e. The molecule has 0 radical (unpaired) electrons. The molecule has 47 heavy (non-hydrogen) atoms. The highest BCUT2D eigenvalue weighted by Crippen LogP contribution is 2.56. The molecule has 4 aromatic rings. The van der Waals surface area contributed by atoms with Gasteiger partial charge in [-0.05, 0) is 79.4 Å². The van der Waals surface area contributed by atoms with E-state index < -0.39 is 17.4 Å². The predicted molar refractivity (Wildman–Crippen MR) is 196 cm³/mol. The molecule has 0 aliphatic heterocycles. The van der Waals surface area contributed by atoms with Crippen LogP contribution >= 0.6 is 7.26 Å². The molecule has 4 rings (SSSR count). The highest BCUT2D eigenvalue weighted by molar-refractivity contribution is 7.95. The summed E-state index contributed by atoms with van der Waals surface area (Å²) < 4.78 is 25.9. The van der Waals surface area contributed by atoms with Gasteiger partial charge in [-0.25, -0.2) is 0 Å². The molecule has 1 amide bonds. The Hall–Kier alpha value is -3.97. The van der Waals surface area contributed by atoms with Gasteiger partial charge in [-0.15, -0.1) is 0 Å². The molecule has 9 heteroatoms. The molecule has 7 nitrogen and oxygen atoms in total. The van der Waals surface area contributed by atoms with Gasteiger partial charge in [-0.1, -0.05) is 92.8 Å². The van der Waals surface area contributed by atoms with Gasteiger partial charge >= 0.3 is 0 Å². The van der Waals surface area contributed by atoms with Crippen LogP contribution in [0.2, 0.25) is 0 Å². The molecule has 0 unspecified atom stereocenters. The van der Waals surface area contributed by atoms with Crippen molar-refractivity contribution in [3.05, 3.63) is 121 Å². The van der Waals surface area contributed by atoms with Gasteiger partial charge in [0.1, 0.15) is 23.2 Å². The van der Waals surface area contributed by atoms with E-state index in [-0.39, 0.29) is 17.4 Å². The molecule has 0 atom stereocenters. The van der Waals surface area contributed by atoms with Crippen molar-refractivity contribution in [1.82, 2.24) is 5.32 Å². The van der Waals surface area contributed by atoms with Crippen molar-refractivity contribution in [3.8, 4) is 11.5 Å². The lowest BCUT2D eigenvalue weighted by atomic mass is 10.1. The third kappa shape index (κ3) is 13.3. The van der Waals surface area contributed by atoms with Crippen LogP contribution in [0.5, 0.6) is 11.5 Å². The van der Waals surface area contributed by atoms with Crippen molar-refractivity contribution in [2.45, 2.75) is 51.4 Å². The third-order valence-electron chi connectivity index (χ3n) is 7.74. The lowest BCUT2D eigenvalue weighted by Crippen LogP contribution is -2.33. The van der Waals surface area contributed by atoms with Crippen LogP contribution in [0.4, 0.5) is 0 Å². The molecule has 250 valence electrons. The molecule has 0 aliphatic carbocycles. The average Bonchev–Trinajstić information content (AvgIpc) is 3.06. The fourth-order valence-corrected chi connectivity index (χ4v) is 9.91. The summed E-state index contributed by atoms with van der Waals surface area (Å²) in [4.78, 5) is 12.0. The summed E-state index contributed by atoms with van der Waals surface area (Å²) in [5.74, 6) is -0.518. The van der Waals surface area contributed by atoms with Crippen LogP contribution in [-0.4, -0.2) is 48.1 Å². The van der Waals surface area contributed by atoms with E-state index in [0.717, 1.165) is 12.8 Å². The van der Waals surface area contributed by atoms with Gasteiger partial charge in [0.25, 0.3) is 10.1 Å². The molecule has 0 bridgehead atoms. The maximum atomic E-state index is 12.0. The minimum atomic E-state index is -3.67. The van der Waals surface area contributed by atoms with Gasteiger partial charge in [0.2, 0.25) is 5.91 Å². The molecule has 0 spiro atoms. The molecule has 4 aromatic carbocycles. The van der Waals surface area contributed by atoms with Crippen molar-refractivity contribution in [1.29, 1.82) is 0 Å². The smallest absolute Gasteiger partial charge is 0.261 e. The summed E-state index contributed by atoms with van der Waals surface area (Å²) >= 11 is 0. The van der Waals surface area contributed by atoms with E-state index >= 15 is 0 Å². The predicted octanol–water partition coefficient (Wildman–Crippen LogP) is 6.85. The Kier molecular flexibility index (Phi) is 15.7. The quantitative estimate of drug-likeness (QED) is 0.0339. The van der Waals surface area contributed by atoms with Crippen LogP contribution in [0.15, 0.2) is 115 Å². The Labute approximate surface area is 280 Å². The number of rotatable bonds is 16. The van der Waals surface area contributed by atoms with Crippen molar-refractivity contribution in [2.24, 2.45) is 0 Å². The first kappa shape index (κ1) is 37.5. The monoisotopic (exact) mass is 676 g/mol. The minimum Gasteiger partial charge on any atom is -0.504 e. The molecule has 0 aromatic heterocycles. The Morgan fingerprint density at radius 3 is 1.53 bits per heavy atom. The van der Waals surface area contributed by atoms with Crippen LogP contribution in [0.25, 0.3) is 6.08 Å². The van der Waals surface area contributed by atoms with E-state index in [2.05, 4.69) is 96.3 Å². The van der Waals surface area contributed by atoms with Crippen molar-refractivity contribution >= 4 is 45.3 Å². The van der Waals surface area contributed by atoms with E-state index in [0.29, 0.717) is 18.4 Å². The first-order valence-electron chi connectivity index (χ1n) is 16.0. The number of nitrogens with one attached hydrogen (secondary N) is 1. The van der Waals surface area contributed by atoms with Crippen LogP contribution in [0.1, 0.15) is 56.9 Å². The second kappa shape index (κ2) is 19.6. The fraction of sp³-hybridized carbons (Fsp3) is 0.289. The highest BCUT2D eigenvalue weighted by atomic mass is 32.2. The molecular weight excluding hydrogens is 629 g/mol. The Morgan fingerprint density at radius 2 is 1.09 bits per heavy atom. The standard InChI is InChI=1S/C37H42NO3P.CH4O3S/c39-35-26-24-31(30-36(35)40)25-27-37(41)38-28-16-5-3-1-2-4-6-17-29-42(32-18-10-7-11-19-32,33-20-12-8-13-21-33)34-22-14-9-15-23-34;1-5(2,3)4/h7-15,18-27,30H,1-6,16-17,28-29H2,(H2-,38,39,40,41);1H3,(H,2,3,4)/p+1. The number of amides is 1. The van der Waals surface area contributed by atoms with Gasteiger partial charge in [-0.3, -0.25) is 9.35 Å². The van der Waals surface area contributed by atoms with Crippen molar-refractivity contribution < 1.29 is 28.0 Å². The zero-order valence-corrected chi connectivity index (χ0v) is 28.8. The van der Waals surface area contributed by atoms with Crippen LogP contribution in [-0.2, 0) is 14.9 Å². The summed E-state index contributed by atoms with van der Waals surface area (Å²) in [5, 5.41) is 26.2. The van der Waals surface area contributed by atoms with E-state index in [4.69, 9.17) is 4.55 Å². The van der Waals surface area contributed by atoms with Crippen LogP contribution in [0.3, 0.4) is 0 Å². The Balaban J connectivity index is 0.00000111. The maximum Gasteiger partial charge on any atom is 0.261 e. The van der Waals surface area contributed by atoms with Crippen LogP contribution < -0.4 is 21.2 Å². The molecule has 4 N–H and O–H groups in total. The second-order valence-corrected chi connectivity index (χ2v) is 16.6. The Morgan fingerprint density at radius 1 is 0.660 bits per heavy atom. The molecule has 0 fully saturated rings. The fourth-order valence-electron chi connectivity index (χ4n) is 5.50.